The van der Waals surface area contributed by atoms with Gasteiger partial charge in [0.05, 0.1) is 11.7 Å². The maximum atomic E-state index is 10.4. The van der Waals surface area contributed by atoms with Crippen molar-refractivity contribution in [3.8, 4) is 12.3 Å². The molecular formula is C12H12N6O2S. The van der Waals surface area contributed by atoms with Crippen molar-refractivity contribution in [2.24, 2.45) is 0 Å². The first-order valence-electron chi connectivity index (χ1n) is 6.24. The van der Waals surface area contributed by atoms with E-state index in [9.17, 15) is 10.2 Å². The number of aromatic nitrogens is 4. The van der Waals surface area contributed by atoms with Crippen LogP contribution in [0.1, 0.15) is 11.8 Å². The highest BCUT2D eigenvalue weighted by Gasteiger charge is 2.81. The molecule has 0 radical (unpaired) electrons. The van der Waals surface area contributed by atoms with Crippen LogP contribution >= 0.6 is 11.8 Å². The van der Waals surface area contributed by atoms with Gasteiger partial charge in [-0.2, -0.15) is 9.97 Å². The highest BCUT2D eigenvalue weighted by atomic mass is 32.2. The number of aliphatic hydroxyl groups is 2. The van der Waals surface area contributed by atoms with Crippen molar-refractivity contribution >= 4 is 34.7 Å². The van der Waals surface area contributed by atoms with Crippen LogP contribution in [-0.2, 0) is 0 Å². The third-order valence-corrected chi connectivity index (χ3v) is 5.93. The van der Waals surface area contributed by atoms with E-state index in [0.29, 0.717) is 17.6 Å². The van der Waals surface area contributed by atoms with Crippen LogP contribution in [-0.4, -0.2) is 46.2 Å². The van der Waals surface area contributed by atoms with E-state index in [4.69, 9.17) is 17.9 Å². The molecule has 2 aromatic heterocycles. The summed E-state index contributed by atoms with van der Waals surface area (Å²) in [6.45, 7) is 0. The molecule has 4 atom stereocenters. The second kappa shape index (κ2) is 3.59. The number of anilines is 2. The maximum absolute atomic E-state index is 10.4. The third kappa shape index (κ3) is 1.32. The van der Waals surface area contributed by atoms with Gasteiger partial charge in [-0.25, -0.2) is 4.98 Å². The largest absolute Gasteiger partial charge is 0.387 e. The number of fused-ring (bicyclic) bond motifs is 2. The number of hydrogen-bond donors (Lipinski definition) is 4. The predicted octanol–water partition coefficient (Wildman–Crippen LogP) is -0.896. The molecule has 2 aliphatic rings. The summed E-state index contributed by atoms with van der Waals surface area (Å²) in [5.74, 6) is 2.77. The van der Waals surface area contributed by atoms with Gasteiger partial charge in [0.1, 0.15) is 22.0 Å². The molecule has 3 heterocycles. The molecule has 1 aliphatic carbocycles. The topological polar surface area (TPSA) is 136 Å². The van der Waals surface area contributed by atoms with Crippen LogP contribution in [0.3, 0.4) is 0 Å². The van der Waals surface area contributed by atoms with Crippen molar-refractivity contribution in [2.75, 3.05) is 11.5 Å². The van der Waals surface area contributed by atoms with Gasteiger partial charge in [-0.15, -0.1) is 18.2 Å². The zero-order valence-electron chi connectivity index (χ0n) is 10.8. The Morgan fingerprint density at radius 2 is 2.24 bits per heavy atom. The van der Waals surface area contributed by atoms with Gasteiger partial charge in [-0.05, 0) is 0 Å². The van der Waals surface area contributed by atoms with Crippen molar-refractivity contribution in [3.63, 3.8) is 0 Å². The first-order valence-corrected chi connectivity index (χ1v) is 7.12. The predicted molar refractivity (Wildman–Crippen MR) is 77.9 cm³/mol. The molecule has 6 N–H and O–H groups in total. The van der Waals surface area contributed by atoms with Crippen molar-refractivity contribution in [3.05, 3.63) is 6.33 Å². The Hall–Kier alpha value is -2.02. The van der Waals surface area contributed by atoms with E-state index in [2.05, 4.69) is 20.9 Å². The van der Waals surface area contributed by atoms with E-state index in [1.54, 1.807) is 10.9 Å². The zero-order chi connectivity index (χ0) is 15.0. The van der Waals surface area contributed by atoms with Gasteiger partial charge in [0.15, 0.2) is 11.5 Å². The number of nitrogen functional groups attached to an aromatic ring is 2. The third-order valence-electron chi connectivity index (χ3n) is 4.20. The number of hydrogen-bond acceptors (Lipinski definition) is 8. The van der Waals surface area contributed by atoms with Crippen LogP contribution < -0.4 is 11.5 Å². The molecule has 1 saturated carbocycles. The lowest BCUT2D eigenvalue weighted by Gasteiger charge is -2.16. The van der Waals surface area contributed by atoms with Crippen molar-refractivity contribution < 1.29 is 10.2 Å². The molecule has 108 valence electrons. The second-order valence-corrected chi connectivity index (χ2v) is 6.70. The molecule has 0 spiro atoms. The summed E-state index contributed by atoms with van der Waals surface area (Å²) in [6.07, 6.45) is 6.44. The highest BCUT2D eigenvalue weighted by Crippen LogP contribution is 2.70. The fraction of sp³-hybridized carbons (Fsp3) is 0.417. The lowest BCUT2D eigenvalue weighted by Crippen LogP contribution is -2.17. The lowest BCUT2D eigenvalue weighted by atomic mass is 10.2. The lowest BCUT2D eigenvalue weighted by molar-refractivity contribution is 0.0758. The molecule has 1 unspecified atom stereocenters. The fourth-order valence-electron chi connectivity index (χ4n) is 2.98. The van der Waals surface area contributed by atoms with Crippen LogP contribution in [0.15, 0.2) is 6.33 Å². The second-order valence-electron chi connectivity index (χ2n) is 5.27. The Morgan fingerprint density at radius 3 is 2.90 bits per heavy atom. The van der Waals surface area contributed by atoms with E-state index < -0.39 is 16.5 Å². The Labute approximate surface area is 123 Å². The van der Waals surface area contributed by atoms with E-state index in [-0.39, 0.29) is 17.1 Å². The summed E-state index contributed by atoms with van der Waals surface area (Å²) in [7, 11) is 0. The molecular weight excluding hydrogens is 292 g/mol. The summed E-state index contributed by atoms with van der Waals surface area (Å²) in [4.78, 5) is 12.2. The maximum Gasteiger partial charge on any atom is 0.224 e. The SMILES string of the molecule is C#C[C@]12S[C@@H](n3cnc4c(N)nc(N)nc43)C[C@@]1(O)C2O. The van der Waals surface area contributed by atoms with Crippen molar-refractivity contribution in [2.45, 2.75) is 28.2 Å². The van der Waals surface area contributed by atoms with Gasteiger partial charge in [0.2, 0.25) is 5.95 Å². The minimum atomic E-state index is -1.27. The molecule has 21 heavy (non-hydrogen) atoms. The molecule has 1 aliphatic heterocycles. The number of thioether (sulfide) groups is 1. The van der Waals surface area contributed by atoms with Gasteiger partial charge < -0.3 is 26.2 Å². The summed E-state index contributed by atoms with van der Waals surface area (Å²) < 4.78 is 0.794. The van der Waals surface area contributed by atoms with Crippen molar-refractivity contribution in [1.29, 1.82) is 0 Å². The Kier molecular flexibility index (Phi) is 2.17. The van der Waals surface area contributed by atoms with Crippen LogP contribution in [0.2, 0.25) is 0 Å². The molecule has 2 aromatic rings. The van der Waals surface area contributed by atoms with Crippen molar-refractivity contribution in [1.82, 2.24) is 19.5 Å². The monoisotopic (exact) mass is 304 g/mol. The van der Waals surface area contributed by atoms with Gasteiger partial charge in [0.25, 0.3) is 0 Å². The quantitative estimate of drug-likeness (QED) is 0.498. The summed E-state index contributed by atoms with van der Waals surface area (Å²) in [6, 6.07) is 0. The number of imidazole rings is 1. The fourth-order valence-corrected chi connectivity index (χ4v) is 4.75. The van der Waals surface area contributed by atoms with Crippen LogP contribution in [0.4, 0.5) is 11.8 Å². The van der Waals surface area contributed by atoms with Gasteiger partial charge in [-0.1, -0.05) is 5.92 Å². The van der Waals surface area contributed by atoms with E-state index in [1.807, 2.05) is 0 Å². The average molecular weight is 304 g/mol. The van der Waals surface area contributed by atoms with Crippen LogP contribution in [0, 0.1) is 12.3 Å². The zero-order valence-corrected chi connectivity index (χ0v) is 11.6. The molecule has 9 heteroatoms. The van der Waals surface area contributed by atoms with Crippen LogP contribution in [0.25, 0.3) is 11.2 Å². The number of rotatable bonds is 1. The normalized spacial score (nSPS) is 37.4. The van der Waals surface area contributed by atoms with E-state index in [1.165, 1.54) is 11.8 Å². The van der Waals surface area contributed by atoms with E-state index in [0.717, 1.165) is 0 Å². The molecule has 0 amide bonds. The molecule has 0 aromatic carbocycles. The smallest absolute Gasteiger partial charge is 0.224 e. The van der Waals surface area contributed by atoms with Gasteiger partial charge in [0, 0.05) is 6.42 Å². The first kappa shape index (κ1) is 12.7. The summed E-state index contributed by atoms with van der Waals surface area (Å²) in [5.41, 5.74) is 11.1. The number of nitrogens with zero attached hydrogens (tertiary/aromatic N) is 4. The highest BCUT2D eigenvalue weighted by molar-refractivity contribution is 8.01. The Bertz CT molecular complexity index is 816. The van der Waals surface area contributed by atoms with Gasteiger partial charge in [-0.3, -0.25) is 0 Å². The first-order chi connectivity index (χ1) is 9.93. The molecule has 1 saturated heterocycles. The standard InChI is InChI=1S/C12H12N6O2S/c1-2-12-9(19)11(12,20)3-5(21-12)18-4-15-6-7(13)16-10(14)17-8(6)18/h1,4-5,9,19-20H,3H2,(H4,13,14,16,17)/t5-,9?,11-,12-/m1/s1. The number of terminal acetylenes is 1. The van der Waals surface area contributed by atoms with Crippen LogP contribution in [0.5, 0.6) is 0 Å². The molecule has 8 nitrogen and oxygen atoms in total. The van der Waals surface area contributed by atoms with E-state index >= 15 is 0 Å². The Morgan fingerprint density at radius 1 is 1.48 bits per heavy atom. The van der Waals surface area contributed by atoms with Gasteiger partial charge >= 0.3 is 0 Å². The molecule has 4 rings (SSSR count). The Balaban J connectivity index is 1.79. The summed E-state index contributed by atoms with van der Waals surface area (Å²) in [5, 5.41) is 20.1. The minimum absolute atomic E-state index is 0.0558. The molecule has 2 fully saturated rings. The number of aliphatic hydroxyl groups excluding tert-OH is 1. The number of nitrogens with two attached hydrogens (primary N) is 2. The average Bonchev–Trinajstić information content (AvgIpc) is 2.81. The minimum Gasteiger partial charge on any atom is -0.387 e. The molecule has 0 bridgehead atoms. The summed E-state index contributed by atoms with van der Waals surface area (Å²) >= 11 is 1.32.